The Morgan fingerprint density at radius 1 is 1.04 bits per heavy atom. The fourth-order valence-electron chi connectivity index (χ4n) is 2.65. The average Bonchev–Trinajstić information content (AvgIpc) is 3.08. The summed E-state index contributed by atoms with van der Waals surface area (Å²) in [5.41, 5.74) is 2.74. The molecule has 0 radical (unpaired) electrons. The molecular formula is C20H14N2O2S. The van der Waals surface area contributed by atoms with E-state index in [0.29, 0.717) is 17.2 Å². The van der Waals surface area contributed by atoms with Gasteiger partial charge in [0.05, 0.1) is 5.39 Å². The predicted molar refractivity (Wildman–Crippen MR) is 99.4 cm³/mol. The van der Waals surface area contributed by atoms with Crippen LogP contribution in [-0.2, 0) is 0 Å². The largest absolute Gasteiger partial charge is 0.438 e. The van der Waals surface area contributed by atoms with Crippen molar-refractivity contribution in [3.05, 3.63) is 71.9 Å². The third-order valence-electron chi connectivity index (χ3n) is 3.88. The number of ketones is 1. The van der Waals surface area contributed by atoms with Gasteiger partial charge in [-0.25, -0.2) is 9.97 Å². The van der Waals surface area contributed by atoms with Gasteiger partial charge in [-0.1, -0.05) is 42.5 Å². The molecular weight excluding hydrogens is 332 g/mol. The lowest BCUT2D eigenvalue weighted by Crippen LogP contribution is -1.94. The fourth-order valence-corrected chi connectivity index (χ4v) is 3.55. The number of nitrogens with zero attached hydrogens (tertiary/aromatic N) is 2. The standard InChI is InChI=1S/C20H14N2O2S/c1-13(23)15-8-5-9-16(10-15)24-19-18-17(14-6-3-2-4-7-14)11-25-20(18)22-12-21-19/h2-12H,1H3. The van der Waals surface area contributed by atoms with Crippen molar-refractivity contribution in [2.45, 2.75) is 6.92 Å². The summed E-state index contributed by atoms with van der Waals surface area (Å²) in [7, 11) is 0. The third-order valence-corrected chi connectivity index (χ3v) is 4.76. The molecule has 2 aromatic carbocycles. The van der Waals surface area contributed by atoms with Gasteiger partial charge in [-0.3, -0.25) is 4.79 Å². The average molecular weight is 346 g/mol. The Labute approximate surface area is 148 Å². The van der Waals surface area contributed by atoms with Crippen molar-refractivity contribution >= 4 is 27.3 Å². The number of Topliss-reactive ketones (excluding diaryl/α,β-unsaturated/α-hetero) is 1. The van der Waals surface area contributed by atoms with Crippen LogP contribution < -0.4 is 4.74 Å². The number of rotatable bonds is 4. The first-order valence-corrected chi connectivity index (χ1v) is 8.67. The van der Waals surface area contributed by atoms with Crippen molar-refractivity contribution in [2.24, 2.45) is 0 Å². The van der Waals surface area contributed by atoms with E-state index in [4.69, 9.17) is 4.74 Å². The molecule has 2 heterocycles. The minimum atomic E-state index is -0.00112. The molecule has 0 saturated carbocycles. The van der Waals surface area contributed by atoms with Crippen molar-refractivity contribution < 1.29 is 9.53 Å². The monoisotopic (exact) mass is 346 g/mol. The zero-order valence-corrected chi connectivity index (χ0v) is 14.3. The van der Waals surface area contributed by atoms with E-state index >= 15 is 0 Å². The van der Waals surface area contributed by atoms with E-state index in [1.807, 2.05) is 24.3 Å². The number of ether oxygens (including phenoxy) is 1. The lowest BCUT2D eigenvalue weighted by molar-refractivity contribution is 0.101. The van der Waals surface area contributed by atoms with Crippen LogP contribution in [0.2, 0.25) is 0 Å². The van der Waals surface area contributed by atoms with Crippen LogP contribution in [0, 0.1) is 0 Å². The van der Waals surface area contributed by atoms with Crippen LogP contribution in [0.25, 0.3) is 21.3 Å². The van der Waals surface area contributed by atoms with Gasteiger partial charge in [0.15, 0.2) is 5.78 Å². The van der Waals surface area contributed by atoms with E-state index in [-0.39, 0.29) is 5.78 Å². The van der Waals surface area contributed by atoms with Crippen molar-refractivity contribution in [1.29, 1.82) is 0 Å². The first-order chi connectivity index (χ1) is 12.2. The van der Waals surface area contributed by atoms with Gasteiger partial charge in [0.2, 0.25) is 5.88 Å². The molecule has 0 amide bonds. The van der Waals surface area contributed by atoms with Gasteiger partial charge >= 0.3 is 0 Å². The van der Waals surface area contributed by atoms with Crippen LogP contribution in [0.4, 0.5) is 0 Å². The highest BCUT2D eigenvalue weighted by atomic mass is 32.1. The summed E-state index contributed by atoms with van der Waals surface area (Å²) in [6, 6.07) is 17.2. The van der Waals surface area contributed by atoms with Gasteiger partial charge in [0.25, 0.3) is 0 Å². The number of fused-ring (bicyclic) bond motifs is 1. The molecule has 122 valence electrons. The van der Waals surface area contributed by atoms with E-state index in [9.17, 15) is 4.79 Å². The van der Waals surface area contributed by atoms with E-state index in [2.05, 4.69) is 27.5 Å². The molecule has 0 atom stereocenters. The number of aromatic nitrogens is 2. The van der Waals surface area contributed by atoms with Gasteiger partial charge < -0.3 is 4.74 Å². The molecule has 2 aromatic heterocycles. The summed E-state index contributed by atoms with van der Waals surface area (Å²) in [6.45, 7) is 1.54. The van der Waals surface area contributed by atoms with Gasteiger partial charge in [-0.05, 0) is 24.6 Å². The van der Waals surface area contributed by atoms with Crippen LogP contribution in [0.5, 0.6) is 11.6 Å². The molecule has 0 unspecified atom stereocenters. The molecule has 0 fully saturated rings. The van der Waals surface area contributed by atoms with Gasteiger partial charge in [0.1, 0.15) is 16.9 Å². The number of carbonyl (C=O) groups is 1. The van der Waals surface area contributed by atoms with E-state index < -0.39 is 0 Å². The molecule has 0 bridgehead atoms. The molecule has 4 aromatic rings. The molecule has 0 aliphatic carbocycles. The molecule has 0 spiro atoms. The number of benzene rings is 2. The van der Waals surface area contributed by atoms with Crippen molar-refractivity contribution in [1.82, 2.24) is 9.97 Å². The molecule has 0 saturated heterocycles. The lowest BCUT2D eigenvalue weighted by atomic mass is 10.1. The Morgan fingerprint density at radius 2 is 1.88 bits per heavy atom. The summed E-state index contributed by atoms with van der Waals surface area (Å²) in [4.78, 5) is 21.1. The van der Waals surface area contributed by atoms with Gasteiger partial charge in [-0.15, -0.1) is 11.3 Å². The molecule has 5 heteroatoms. The second-order valence-electron chi connectivity index (χ2n) is 5.56. The Morgan fingerprint density at radius 3 is 2.68 bits per heavy atom. The van der Waals surface area contributed by atoms with E-state index in [1.165, 1.54) is 13.3 Å². The van der Waals surface area contributed by atoms with Crippen LogP contribution >= 0.6 is 11.3 Å². The summed E-state index contributed by atoms with van der Waals surface area (Å²) < 4.78 is 6.01. The third kappa shape index (κ3) is 3.02. The Balaban J connectivity index is 1.81. The molecule has 4 rings (SSSR count). The highest BCUT2D eigenvalue weighted by Crippen LogP contribution is 2.38. The number of carbonyl (C=O) groups excluding carboxylic acids is 1. The summed E-state index contributed by atoms with van der Waals surface area (Å²) in [6.07, 6.45) is 1.50. The topological polar surface area (TPSA) is 52.1 Å². The maximum absolute atomic E-state index is 11.6. The summed E-state index contributed by atoms with van der Waals surface area (Å²) >= 11 is 1.56. The number of hydrogen-bond donors (Lipinski definition) is 0. The fraction of sp³-hybridized carbons (Fsp3) is 0.0500. The van der Waals surface area contributed by atoms with Gasteiger partial charge in [0, 0.05) is 16.5 Å². The minimum absolute atomic E-state index is 0.00112. The second-order valence-corrected chi connectivity index (χ2v) is 6.42. The normalized spacial score (nSPS) is 10.8. The van der Waals surface area contributed by atoms with Crippen molar-refractivity contribution in [2.75, 3.05) is 0 Å². The van der Waals surface area contributed by atoms with E-state index in [0.717, 1.165) is 21.3 Å². The molecule has 0 aliphatic heterocycles. The Kier molecular flexibility index (Phi) is 3.99. The molecule has 4 nitrogen and oxygen atoms in total. The van der Waals surface area contributed by atoms with Crippen LogP contribution in [0.3, 0.4) is 0 Å². The number of hydrogen-bond acceptors (Lipinski definition) is 5. The zero-order chi connectivity index (χ0) is 17.2. The van der Waals surface area contributed by atoms with Crippen LogP contribution in [0.15, 0.2) is 66.3 Å². The first-order valence-electron chi connectivity index (χ1n) is 7.79. The quantitative estimate of drug-likeness (QED) is 0.467. The first kappa shape index (κ1) is 15.5. The second kappa shape index (κ2) is 6.45. The predicted octanol–water partition coefficient (Wildman–Crippen LogP) is 5.35. The van der Waals surface area contributed by atoms with Crippen LogP contribution in [0.1, 0.15) is 17.3 Å². The maximum atomic E-state index is 11.6. The Bertz CT molecular complexity index is 1060. The molecule has 25 heavy (non-hydrogen) atoms. The highest BCUT2D eigenvalue weighted by molar-refractivity contribution is 7.17. The SMILES string of the molecule is CC(=O)c1cccc(Oc2ncnc3scc(-c4ccccc4)c23)c1. The summed E-state index contributed by atoms with van der Waals surface area (Å²) in [5.74, 6) is 1.07. The lowest BCUT2D eigenvalue weighted by Gasteiger charge is -2.08. The van der Waals surface area contributed by atoms with Crippen molar-refractivity contribution in [3.8, 4) is 22.8 Å². The number of thiophene rings is 1. The summed E-state index contributed by atoms with van der Waals surface area (Å²) in [5, 5.41) is 2.94. The molecule has 0 N–H and O–H groups in total. The highest BCUT2D eigenvalue weighted by Gasteiger charge is 2.15. The smallest absolute Gasteiger partial charge is 0.231 e. The van der Waals surface area contributed by atoms with Crippen LogP contribution in [-0.4, -0.2) is 15.8 Å². The van der Waals surface area contributed by atoms with Gasteiger partial charge in [-0.2, -0.15) is 0 Å². The van der Waals surface area contributed by atoms with Crippen molar-refractivity contribution in [3.63, 3.8) is 0 Å². The maximum Gasteiger partial charge on any atom is 0.231 e. The minimum Gasteiger partial charge on any atom is -0.438 e. The van der Waals surface area contributed by atoms with E-state index in [1.54, 1.807) is 29.5 Å². The zero-order valence-electron chi connectivity index (χ0n) is 13.5. The Hall–Kier alpha value is -3.05. The molecule has 0 aliphatic rings.